The molecule has 0 saturated carbocycles. The van der Waals surface area contributed by atoms with E-state index in [2.05, 4.69) is 0 Å². The lowest BCUT2D eigenvalue weighted by Crippen LogP contribution is -2.52. The Kier molecular flexibility index (Phi) is 7.82. The van der Waals surface area contributed by atoms with Crippen LogP contribution in [0.1, 0.15) is 52.2 Å². The van der Waals surface area contributed by atoms with E-state index < -0.39 is 29.7 Å². The topological polar surface area (TPSA) is 93.1 Å². The molecule has 0 radical (unpaired) electrons. The van der Waals surface area contributed by atoms with Gasteiger partial charge >= 0.3 is 11.9 Å². The third-order valence-corrected chi connectivity index (χ3v) is 7.60. The molecule has 0 spiro atoms. The standard InChI is InChI=1S/C34H35NO7/c1-7-9-15-26(36)40-32-29-25(42-34(3,4)33(32)41-27(37)16-10-8-2)19-24(39-6)28-30(29)35(5)23-18-21-14-12-11-13-20(21)17-22(23)31(28)38/h9-19,32-33H,7-8H2,1-6H3. The summed E-state index contributed by atoms with van der Waals surface area (Å²) >= 11 is 0. The van der Waals surface area contributed by atoms with Crippen molar-refractivity contribution in [1.82, 2.24) is 4.57 Å². The Morgan fingerprint density at radius 3 is 2.21 bits per heavy atom. The van der Waals surface area contributed by atoms with Crippen LogP contribution in [0.2, 0.25) is 0 Å². The van der Waals surface area contributed by atoms with Gasteiger partial charge in [0, 0.05) is 30.7 Å². The van der Waals surface area contributed by atoms with Crippen molar-refractivity contribution in [3.05, 3.63) is 82.6 Å². The van der Waals surface area contributed by atoms with E-state index in [-0.39, 0.29) is 5.43 Å². The third-order valence-electron chi connectivity index (χ3n) is 7.60. The van der Waals surface area contributed by atoms with Crippen LogP contribution in [-0.2, 0) is 26.1 Å². The average molecular weight is 570 g/mol. The van der Waals surface area contributed by atoms with Gasteiger partial charge in [-0.3, -0.25) is 4.79 Å². The molecule has 2 atom stereocenters. The van der Waals surface area contributed by atoms with Crippen LogP contribution in [0.5, 0.6) is 11.5 Å². The lowest BCUT2D eigenvalue weighted by atomic mass is 9.86. The molecule has 1 aliphatic heterocycles. The Balaban J connectivity index is 1.86. The summed E-state index contributed by atoms with van der Waals surface area (Å²) in [5.41, 5.74) is 0.239. The van der Waals surface area contributed by atoms with Crippen molar-refractivity contribution < 1.29 is 28.5 Å². The second-order valence-corrected chi connectivity index (χ2v) is 10.9. The first-order valence-electron chi connectivity index (χ1n) is 14.1. The second-order valence-electron chi connectivity index (χ2n) is 10.9. The van der Waals surface area contributed by atoms with E-state index in [1.54, 1.807) is 32.1 Å². The van der Waals surface area contributed by atoms with Crippen LogP contribution in [0.4, 0.5) is 0 Å². The monoisotopic (exact) mass is 569 g/mol. The highest BCUT2D eigenvalue weighted by Crippen LogP contribution is 2.49. The van der Waals surface area contributed by atoms with E-state index >= 15 is 0 Å². The highest BCUT2D eigenvalue weighted by atomic mass is 16.6. The van der Waals surface area contributed by atoms with E-state index in [0.29, 0.717) is 51.7 Å². The number of methoxy groups -OCH3 is 1. The molecule has 2 heterocycles. The molecule has 0 N–H and O–H groups in total. The number of aromatic nitrogens is 1. The van der Waals surface area contributed by atoms with Crippen LogP contribution in [-0.4, -0.2) is 35.3 Å². The zero-order valence-electron chi connectivity index (χ0n) is 24.7. The number of pyridine rings is 1. The molecular weight excluding hydrogens is 534 g/mol. The van der Waals surface area contributed by atoms with Crippen LogP contribution in [0.3, 0.4) is 0 Å². The number of rotatable bonds is 7. The van der Waals surface area contributed by atoms with Crippen molar-refractivity contribution in [3.8, 4) is 11.5 Å². The molecule has 0 amide bonds. The highest BCUT2D eigenvalue weighted by Gasteiger charge is 2.50. The number of benzene rings is 3. The third kappa shape index (κ3) is 5.02. The average Bonchev–Trinajstić information content (AvgIpc) is 2.97. The van der Waals surface area contributed by atoms with E-state index in [0.717, 1.165) is 10.8 Å². The summed E-state index contributed by atoms with van der Waals surface area (Å²) in [6.45, 7) is 7.35. The van der Waals surface area contributed by atoms with Gasteiger partial charge in [-0.25, -0.2) is 9.59 Å². The summed E-state index contributed by atoms with van der Waals surface area (Å²) in [6.07, 6.45) is 5.26. The number of hydrogen-bond donors (Lipinski definition) is 0. The maximum absolute atomic E-state index is 14.2. The largest absolute Gasteiger partial charge is 0.496 e. The Bertz CT molecular complexity index is 1830. The van der Waals surface area contributed by atoms with Crippen molar-refractivity contribution in [2.45, 2.75) is 58.3 Å². The zero-order valence-corrected chi connectivity index (χ0v) is 24.7. The molecule has 1 aromatic heterocycles. The van der Waals surface area contributed by atoms with Gasteiger partial charge in [-0.05, 0) is 49.6 Å². The lowest BCUT2D eigenvalue weighted by molar-refractivity contribution is -0.184. The number of nitrogens with zero attached hydrogens (tertiary/aromatic N) is 1. The minimum atomic E-state index is -1.10. The molecule has 3 aromatic carbocycles. The molecule has 2 unspecified atom stereocenters. The maximum Gasteiger partial charge on any atom is 0.331 e. The number of esters is 2. The first kappa shape index (κ1) is 28.9. The quantitative estimate of drug-likeness (QED) is 0.143. The Hall–Kier alpha value is -4.59. The minimum absolute atomic E-state index is 0.233. The lowest BCUT2D eigenvalue weighted by Gasteiger charge is -2.43. The molecule has 218 valence electrons. The van der Waals surface area contributed by atoms with Crippen LogP contribution in [0, 0.1) is 0 Å². The van der Waals surface area contributed by atoms with Gasteiger partial charge in [0.1, 0.15) is 17.1 Å². The number of allylic oxidation sites excluding steroid dienone is 2. The normalized spacial score (nSPS) is 18.0. The molecule has 8 nitrogen and oxygen atoms in total. The molecule has 0 aliphatic carbocycles. The van der Waals surface area contributed by atoms with Crippen molar-refractivity contribution in [2.75, 3.05) is 7.11 Å². The summed E-state index contributed by atoms with van der Waals surface area (Å²) in [7, 11) is 3.34. The van der Waals surface area contributed by atoms with E-state index in [1.807, 2.05) is 61.9 Å². The number of hydrogen-bond acceptors (Lipinski definition) is 7. The number of aryl methyl sites for hydroxylation is 1. The first-order chi connectivity index (χ1) is 20.1. The van der Waals surface area contributed by atoms with Crippen LogP contribution < -0.4 is 14.9 Å². The molecular formula is C34H35NO7. The summed E-state index contributed by atoms with van der Waals surface area (Å²) in [4.78, 5) is 40.1. The van der Waals surface area contributed by atoms with Gasteiger partial charge in [0.05, 0.1) is 29.1 Å². The smallest absolute Gasteiger partial charge is 0.331 e. The van der Waals surface area contributed by atoms with Gasteiger partial charge < -0.3 is 23.5 Å². The van der Waals surface area contributed by atoms with Crippen LogP contribution in [0.25, 0.3) is 32.6 Å². The van der Waals surface area contributed by atoms with Gasteiger partial charge in [0.2, 0.25) is 5.43 Å². The molecule has 4 aromatic rings. The minimum Gasteiger partial charge on any atom is -0.496 e. The molecule has 1 aliphatic rings. The van der Waals surface area contributed by atoms with Gasteiger partial charge in [0.25, 0.3) is 0 Å². The number of carbonyl (C=O) groups excluding carboxylic acids is 2. The highest BCUT2D eigenvalue weighted by molar-refractivity contribution is 6.04. The molecule has 5 rings (SSSR count). The van der Waals surface area contributed by atoms with Crippen molar-refractivity contribution in [1.29, 1.82) is 0 Å². The van der Waals surface area contributed by atoms with Crippen molar-refractivity contribution >= 4 is 44.5 Å². The summed E-state index contributed by atoms with van der Waals surface area (Å²) in [5.74, 6) is -0.493. The second kappa shape index (κ2) is 11.4. The van der Waals surface area contributed by atoms with Crippen LogP contribution >= 0.6 is 0 Å². The maximum atomic E-state index is 14.2. The van der Waals surface area contributed by atoms with Crippen LogP contribution in [0.15, 0.2) is 71.6 Å². The fraction of sp³-hybridized carbons (Fsp3) is 0.324. The first-order valence-corrected chi connectivity index (χ1v) is 14.1. The summed E-state index contributed by atoms with van der Waals surface area (Å²) in [6, 6.07) is 13.3. The fourth-order valence-corrected chi connectivity index (χ4v) is 5.61. The molecule has 0 bridgehead atoms. The molecule has 0 saturated heterocycles. The van der Waals surface area contributed by atoms with E-state index in [4.69, 9.17) is 18.9 Å². The molecule has 0 fully saturated rings. The zero-order chi connectivity index (χ0) is 30.2. The van der Waals surface area contributed by atoms with E-state index in [1.165, 1.54) is 19.3 Å². The Morgan fingerprint density at radius 1 is 0.976 bits per heavy atom. The SMILES string of the molecule is CCC=CC(=O)OC1c2c(cc(OC)c3c(=O)c4cc5ccccc5cc4n(C)c23)OC(C)(C)C1OC(=O)C=CCC. The van der Waals surface area contributed by atoms with E-state index in [9.17, 15) is 14.4 Å². The van der Waals surface area contributed by atoms with Gasteiger partial charge in [-0.15, -0.1) is 0 Å². The summed E-state index contributed by atoms with van der Waals surface area (Å²) < 4.78 is 26.1. The number of ether oxygens (including phenoxy) is 4. The Morgan fingerprint density at radius 2 is 1.60 bits per heavy atom. The number of fused-ring (bicyclic) bond motifs is 5. The van der Waals surface area contributed by atoms with Crippen molar-refractivity contribution in [3.63, 3.8) is 0 Å². The van der Waals surface area contributed by atoms with Crippen molar-refractivity contribution in [2.24, 2.45) is 7.05 Å². The predicted octanol–water partition coefficient (Wildman–Crippen LogP) is 6.45. The summed E-state index contributed by atoms with van der Waals surface area (Å²) in [5, 5.41) is 2.73. The molecule has 8 heteroatoms. The Labute approximate surface area is 244 Å². The van der Waals surface area contributed by atoms with Gasteiger partial charge in [-0.2, -0.15) is 0 Å². The van der Waals surface area contributed by atoms with Gasteiger partial charge in [0.15, 0.2) is 12.2 Å². The predicted molar refractivity (Wildman–Crippen MR) is 163 cm³/mol. The van der Waals surface area contributed by atoms with Gasteiger partial charge in [-0.1, -0.05) is 50.3 Å². The number of carbonyl (C=O) groups is 2. The fourth-order valence-electron chi connectivity index (χ4n) is 5.61. The molecule has 42 heavy (non-hydrogen) atoms.